The number of carboxylic acids is 1. The SMILES string of the molecule is CCCC(OCC)c1nc(C(=O)O)c(C(C)=O)s1. The number of thiazole rings is 1. The molecule has 0 fully saturated rings. The van der Waals surface area contributed by atoms with Crippen LogP contribution in [0.4, 0.5) is 0 Å². The van der Waals surface area contributed by atoms with Crippen molar-refractivity contribution in [3.63, 3.8) is 0 Å². The first-order valence-corrected chi connectivity index (χ1v) is 6.69. The largest absolute Gasteiger partial charge is 0.476 e. The van der Waals surface area contributed by atoms with Crippen molar-refractivity contribution >= 4 is 23.1 Å². The first-order valence-electron chi connectivity index (χ1n) is 5.87. The van der Waals surface area contributed by atoms with E-state index in [4.69, 9.17) is 9.84 Å². The minimum atomic E-state index is -1.17. The number of nitrogens with zero attached hydrogens (tertiary/aromatic N) is 1. The monoisotopic (exact) mass is 271 g/mol. The molecule has 0 aliphatic carbocycles. The van der Waals surface area contributed by atoms with Crippen LogP contribution in [-0.2, 0) is 4.74 Å². The Morgan fingerprint density at radius 1 is 1.44 bits per heavy atom. The number of carbonyl (C=O) groups excluding carboxylic acids is 1. The molecule has 1 heterocycles. The molecule has 5 nitrogen and oxygen atoms in total. The Kier molecular flexibility index (Phi) is 5.43. The van der Waals surface area contributed by atoms with Gasteiger partial charge in [-0.05, 0) is 13.3 Å². The third kappa shape index (κ3) is 3.36. The van der Waals surface area contributed by atoms with Gasteiger partial charge in [-0.1, -0.05) is 13.3 Å². The molecule has 100 valence electrons. The summed E-state index contributed by atoms with van der Waals surface area (Å²) in [6, 6.07) is 0. The van der Waals surface area contributed by atoms with E-state index >= 15 is 0 Å². The van der Waals surface area contributed by atoms with E-state index in [2.05, 4.69) is 4.98 Å². The highest BCUT2D eigenvalue weighted by Gasteiger charge is 2.24. The predicted octanol–water partition coefficient (Wildman–Crippen LogP) is 2.92. The van der Waals surface area contributed by atoms with Crippen LogP contribution in [0.25, 0.3) is 0 Å². The van der Waals surface area contributed by atoms with Gasteiger partial charge in [-0.2, -0.15) is 0 Å². The average Bonchev–Trinajstić information content (AvgIpc) is 2.73. The predicted molar refractivity (Wildman–Crippen MR) is 68.4 cm³/mol. The lowest BCUT2D eigenvalue weighted by Crippen LogP contribution is -2.06. The number of hydrogen-bond donors (Lipinski definition) is 1. The Labute approximate surface area is 110 Å². The van der Waals surface area contributed by atoms with Crippen molar-refractivity contribution < 1.29 is 19.4 Å². The summed E-state index contributed by atoms with van der Waals surface area (Å²) in [7, 11) is 0. The zero-order valence-electron chi connectivity index (χ0n) is 10.7. The Bertz CT molecular complexity index is 404. The standard InChI is InChI=1S/C12H17NO4S/c1-4-6-8(17-5-2)11-13-9(12(15)16)10(18-11)7(3)14/h8H,4-6H2,1-3H3,(H,15,16). The van der Waals surface area contributed by atoms with Crippen molar-refractivity contribution in [1.29, 1.82) is 0 Å². The van der Waals surface area contributed by atoms with Crippen molar-refractivity contribution in [1.82, 2.24) is 4.98 Å². The molecule has 0 radical (unpaired) electrons. The molecule has 0 aromatic carbocycles. The van der Waals surface area contributed by atoms with Crippen LogP contribution in [0.3, 0.4) is 0 Å². The normalized spacial score (nSPS) is 12.4. The highest BCUT2D eigenvalue weighted by atomic mass is 32.1. The molecule has 0 aliphatic heterocycles. The quantitative estimate of drug-likeness (QED) is 0.771. The molecule has 1 unspecified atom stereocenters. The fourth-order valence-corrected chi connectivity index (χ4v) is 2.64. The zero-order chi connectivity index (χ0) is 13.7. The molecule has 0 aliphatic rings. The maximum absolute atomic E-state index is 11.4. The van der Waals surface area contributed by atoms with Crippen molar-refractivity contribution in [3.8, 4) is 0 Å². The lowest BCUT2D eigenvalue weighted by Gasteiger charge is -2.12. The Balaban J connectivity index is 3.12. The van der Waals surface area contributed by atoms with E-state index in [-0.39, 0.29) is 22.5 Å². The molecule has 1 N–H and O–H groups in total. The molecule has 0 saturated heterocycles. The van der Waals surface area contributed by atoms with Gasteiger partial charge in [0.05, 0.1) is 0 Å². The molecular formula is C12H17NO4S. The van der Waals surface area contributed by atoms with Crippen LogP contribution in [0.1, 0.15) is 64.9 Å². The minimum absolute atomic E-state index is 0.164. The fraction of sp³-hybridized carbons (Fsp3) is 0.583. The topological polar surface area (TPSA) is 76.5 Å². The Morgan fingerprint density at radius 3 is 2.50 bits per heavy atom. The maximum Gasteiger partial charge on any atom is 0.356 e. The number of carboxylic acid groups (broad SMARTS) is 1. The van der Waals surface area contributed by atoms with Gasteiger partial charge >= 0.3 is 5.97 Å². The van der Waals surface area contributed by atoms with Gasteiger partial charge in [0.25, 0.3) is 0 Å². The molecule has 0 saturated carbocycles. The summed E-state index contributed by atoms with van der Waals surface area (Å²) >= 11 is 1.12. The third-order valence-electron chi connectivity index (χ3n) is 2.36. The minimum Gasteiger partial charge on any atom is -0.476 e. The van der Waals surface area contributed by atoms with Gasteiger partial charge in [-0.25, -0.2) is 9.78 Å². The fourth-order valence-electron chi connectivity index (χ4n) is 1.60. The molecule has 1 atom stereocenters. The lowest BCUT2D eigenvalue weighted by atomic mass is 10.2. The lowest BCUT2D eigenvalue weighted by molar-refractivity contribution is 0.0550. The van der Waals surface area contributed by atoms with E-state index in [9.17, 15) is 9.59 Å². The van der Waals surface area contributed by atoms with Gasteiger partial charge in [0.1, 0.15) is 16.0 Å². The molecule has 1 rings (SSSR count). The zero-order valence-corrected chi connectivity index (χ0v) is 11.5. The number of aromatic carboxylic acids is 1. The summed E-state index contributed by atoms with van der Waals surface area (Å²) in [5, 5.41) is 9.59. The van der Waals surface area contributed by atoms with Crippen LogP contribution in [-0.4, -0.2) is 28.4 Å². The van der Waals surface area contributed by atoms with Crippen molar-refractivity contribution in [2.24, 2.45) is 0 Å². The van der Waals surface area contributed by atoms with Gasteiger partial charge in [0.2, 0.25) is 0 Å². The Hall–Kier alpha value is -1.27. The van der Waals surface area contributed by atoms with Crippen molar-refractivity contribution in [2.75, 3.05) is 6.61 Å². The number of hydrogen-bond acceptors (Lipinski definition) is 5. The number of carbonyl (C=O) groups is 2. The van der Waals surface area contributed by atoms with E-state index < -0.39 is 5.97 Å². The van der Waals surface area contributed by atoms with Gasteiger partial charge in [-0.3, -0.25) is 4.79 Å². The molecule has 0 bridgehead atoms. The van der Waals surface area contributed by atoms with Gasteiger partial charge in [-0.15, -0.1) is 11.3 Å². The summed E-state index contributed by atoms with van der Waals surface area (Å²) in [4.78, 5) is 26.7. The first-order chi connectivity index (χ1) is 8.51. The van der Waals surface area contributed by atoms with E-state index in [1.807, 2.05) is 13.8 Å². The third-order valence-corrected chi connectivity index (χ3v) is 3.61. The summed E-state index contributed by atoms with van der Waals surface area (Å²) in [6.45, 7) is 5.77. The molecule has 1 aromatic rings. The second-order valence-corrected chi connectivity index (χ2v) is 4.85. The molecule has 0 spiro atoms. The highest BCUT2D eigenvalue weighted by Crippen LogP contribution is 2.29. The van der Waals surface area contributed by atoms with Crippen LogP contribution in [0.15, 0.2) is 0 Å². The van der Waals surface area contributed by atoms with E-state index in [1.165, 1.54) is 6.92 Å². The average molecular weight is 271 g/mol. The van der Waals surface area contributed by atoms with E-state index in [0.29, 0.717) is 11.6 Å². The van der Waals surface area contributed by atoms with Crippen LogP contribution >= 0.6 is 11.3 Å². The number of ether oxygens (including phenoxy) is 1. The number of Topliss-reactive ketones (excluding diaryl/α,β-unsaturated/α-hetero) is 1. The highest BCUT2D eigenvalue weighted by molar-refractivity contribution is 7.14. The van der Waals surface area contributed by atoms with Gasteiger partial charge < -0.3 is 9.84 Å². The molecule has 6 heteroatoms. The molecular weight excluding hydrogens is 254 g/mol. The summed E-state index contributed by atoms with van der Waals surface area (Å²) in [6.07, 6.45) is 1.44. The van der Waals surface area contributed by atoms with Gasteiger partial charge in [0, 0.05) is 13.5 Å². The van der Waals surface area contributed by atoms with Crippen molar-refractivity contribution in [2.45, 2.75) is 39.7 Å². The molecule has 0 amide bonds. The molecule has 18 heavy (non-hydrogen) atoms. The second kappa shape index (κ2) is 6.61. The Morgan fingerprint density at radius 2 is 2.11 bits per heavy atom. The number of ketones is 1. The van der Waals surface area contributed by atoms with Crippen LogP contribution in [0, 0.1) is 0 Å². The first kappa shape index (κ1) is 14.8. The summed E-state index contributed by atoms with van der Waals surface area (Å²) < 4.78 is 5.54. The number of aromatic nitrogens is 1. The van der Waals surface area contributed by atoms with Crippen LogP contribution in [0.2, 0.25) is 0 Å². The second-order valence-electron chi connectivity index (χ2n) is 3.82. The van der Waals surface area contributed by atoms with Crippen LogP contribution < -0.4 is 0 Å². The smallest absolute Gasteiger partial charge is 0.356 e. The van der Waals surface area contributed by atoms with E-state index in [0.717, 1.165) is 24.2 Å². The summed E-state index contributed by atoms with van der Waals surface area (Å²) in [5.41, 5.74) is -0.164. The number of rotatable bonds is 7. The van der Waals surface area contributed by atoms with Crippen molar-refractivity contribution in [3.05, 3.63) is 15.6 Å². The van der Waals surface area contributed by atoms with Gasteiger partial charge in [0.15, 0.2) is 11.5 Å². The maximum atomic E-state index is 11.4. The summed E-state index contributed by atoms with van der Waals surface area (Å²) in [5.74, 6) is -1.45. The van der Waals surface area contributed by atoms with Crippen LogP contribution in [0.5, 0.6) is 0 Å². The molecule has 1 aromatic heterocycles. The van der Waals surface area contributed by atoms with E-state index in [1.54, 1.807) is 0 Å².